The Bertz CT molecular complexity index is 726. The van der Waals surface area contributed by atoms with Crippen molar-refractivity contribution in [3.8, 4) is 17.2 Å². The van der Waals surface area contributed by atoms with E-state index in [1.165, 1.54) is 12.1 Å². The second-order valence-electron chi connectivity index (χ2n) is 4.25. The van der Waals surface area contributed by atoms with E-state index in [1.807, 2.05) is 24.3 Å². The molecule has 0 bridgehead atoms. The van der Waals surface area contributed by atoms with Crippen LogP contribution in [0.1, 0.15) is 5.89 Å². The van der Waals surface area contributed by atoms with Crippen LogP contribution >= 0.6 is 15.9 Å². The molecule has 2 aromatic carbocycles. The topological polar surface area (TPSA) is 48.2 Å². The number of rotatable bonds is 4. The minimum atomic E-state index is -0.308. The lowest BCUT2D eigenvalue weighted by Crippen LogP contribution is -1.95. The molecule has 0 aliphatic carbocycles. The highest BCUT2D eigenvalue weighted by atomic mass is 79.9. The van der Waals surface area contributed by atoms with Gasteiger partial charge in [-0.15, -0.1) is 10.2 Å². The molecule has 0 fully saturated rings. The van der Waals surface area contributed by atoms with Gasteiger partial charge in [-0.1, -0.05) is 15.9 Å². The van der Waals surface area contributed by atoms with E-state index in [1.54, 1.807) is 12.1 Å². The molecule has 21 heavy (non-hydrogen) atoms. The van der Waals surface area contributed by atoms with Gasteiger partial charge in [0.15, 0.2) is 6.61 Å². The number of ether oxygens (including phenoxy) is 1. The highest BCUT2D eigenvalue weighted by molar-refractivity contribution is 9.10. The van der Waals surface area contributed by atoms with Gasteiger partial charge in [0.05, 0.1) is 0 Å². The van der Waals surface area contributed by atoms with Crippen LogP contribution in [0, 0.1) is 5.82 Å². The van der Waals surface area contributed by atoms with E-state index >= 15 is 0 Å². The van der Waals surface area contributed by atoms with Crippen molar-refractivity contribution < 1.29 is 13.5 Å². The minimum Gasteiger partial charge on any atom is -0.484 e. The molecule has 0 radical (unpaired) electrons. The van der Waals surface area contributed by atoms with Crippen LogP contribution in [-0.2, 0) is 6.61 Å². The van der Waals surface area contributed by atoms with E-state index in [2.05, 4.69) is 26.1 Å². The van der Waals surface area contributed by atoms with Crippen LogP contribution in [-0.4, -0.2) is 10.2 Å². The first-order chi connectivity index (χ1) is 10.2. The fraction of sp³-hybridized carbons (Fsp3) is 0.0667. The zero-order valence-electron chi connectivity index (χ0n) is 10.8. The van der Waals surface area contributed by atoms with Crippen molar-refractivity contribution in [3.63, 3.8) is 0 Å². The first-order valence-electron chi connectivity index (χ1n) is 6.17. The van der Waals surface area contributed by atoms with E-state index in [0.29, 0.717) is 23.1 Å². The van der Waals surface area contributed by atoms with E-state index in [9.17, 15) is 4.39 Å². The summed E-state index contributed by atoms with van der Waals surface area (Å²) in [5, 5.41) is 7.82. The molecule has 1 aromatic heterocycles. The standard InChI is InChI=1S/C15H10BrFN2O2/c16-11-3-7-13(8-4-11)20-9-14-18-19-15(21-14)10-1-5-12(17)6-2-10/h1-8H,9H2. The van der Waals surface area contributed by atoms with Crippen molar-refractivity contribution in [1.29, 1.82) is 0 Å². The summed E-state index contributed by atoms with van der Waals surface area (Å²) in [5.41, 5.74) is 0.666. The Hall–Kier alpha value is -2.21. The average molecular weight is 349 g/mol. The van der Waals surface area contributed by atoms with Crippen LogP contribution in [0.5, 0.6) is 5.75 Å². The summed E-state index contributed by atoms with van der Waals surface area (Å²) in [5.74, 6) is 1.10. The Labute approximate surface area is 128 Å². The first kappa shape index (κ1) is 13.8. The van der Waals surface area contributed by atoms with Gasteiger partial charge in [0.2, 0.25) is 5.89 Å². The average Bonchev–Trinajstić information content (AvgIpc) is 2.96. The summed E-state index contributed by atoms with van der Waals surface area (Å²) >= 11 is 3.35. The molecule has 106 valence electrons. The van der Waals surface area contributed by atoms with Crippen molar-refractivity contribution in [2.75, 3.05) is 0 Å². The van der Waals surface area contributed by atoms with Crippen molar-refractivity contribution in [1.82, 2.24) is 10.2 Å². The smallest absolute Gasteiger partial charge is 0.254 e. The molecule has 0 aliphatic rings. The third-order valence-electron chi connectivity index (χ3n) is 2.73. The quantitative estimate of drug-likeness (QED) is 0.708. The summed E-state index contributed by atoms with van der Waals surface area (Å²) in [4.78, 5) is 0. The van der Waals surface area contributed by atoms with Gasteiger partial charge in [-0.05, 0) is 48.5 Å². The van der Waals surface area contributed by atoms with Gasteiger partial charge in [-0.25, -0.2) is 4.39 Å². The summed E-state index contributed by atoms with van der Waals surface area (Å²) in [6.07, 6.45) is 0. The van der Waals surface area contributed by atoms with Crippen LogP contribution in [0.4, 0.5) is 4.39 Å². The lowest BCUT2D eigenvalue weighted by molar-refractivity contribution is 0.264. The molecule has 0 atom stereocenters. The summed E-state index contributed by atoms with van der Waals surface area (Å²) in [6, 6.07) is 13.3. The van der Waals surface area contributed by atoms with Crippen molar-refractivity contribution in [2.24, 2.45) is 0 Å². The zero-order valence-corrected chi connectivity index (χ0v) is 12.4. The van der Waals surface area contributed by atoms with E-state index < -0.39 is 0 Å². The van der Waals surface area contributed by atoms with Crippen LogP contribution in [0.2, 0.25) is 0 Å². The molecule has 3 rings (SSSR count). The molecule has 1 heterocycles. The molecule has 6 heteroatoms. The third-order valence-corrected chi connectivity index (χ3v) is 3.26. The van der Waals surface area contributed by atoms with Gasteiger partial charge in [0, 0.05) is 10.0 Å². The molecule has 0 aliphatic heterocycles. The van der Waals surface area contributed by atoms with Gasteiger partial charge in [0.25, 0.3) is 5.89 Å². The number of nitrogens with zero attached hydrogens (tertiary/aromatic N) is 2. The second kappa shape index (κ2) is 6.05. The normalized spacial score (nSPS) is 10.6. The molecule has 0 amide bonds. The fourth-order valence-corrected chi connectivity index (χ4v) is 1.96. The van der Waals surface area contributed by atoms with E-state index in [4.69, 9.17) is 9.15 Å². The molecule has 0 unspecified atom stereocenters. The lowest BCUT2D eigenvalue weighted by atomic mass is 10.2. The maximum absolute atomic E-state index is 12.9. The largest absolute Gasteiger partial charge is 0.484 e. The number of aromatic nitrogens is 2. The predicted molar refractivity (Wildman–Crippen MR) is 78.2 cm³/mol. The van der Waals surface area contributed by atoms with E-state index in [0.717, 1.165) is 4.47 Å². The van der Waals surface area contributed by atoms with E-state index in [-0.39, 0.29) is 12.4 Å². The lowest BCUT2D eigenvalue weighted by Gasteiger charge is -2.02. The maximum Gasteiger partial charge on any atom is 0.254 e. The van der Waals surface area contributed by atoms with Crippen LogP contribution in [0.15, 0.2) is 57.4 Å². The molecular weight excluding hydrogens is 339 g/mol. The molecule has 0 saturated carbocycles. The molecular formula is C15H10BrFN2O2. The maximum atomic E-state index is 12.9. The summed E-state index contributed by atoms with van der Waals surface area (Å²) in [7, 11) is 0. The summed E-state index contributed by atoms with van der Waals surface area (Å²) in [6.45, 7) is 0.176. The number of halogens is 2. The Morgan fingerprint density at radius 1 is 1.00 bits per heavy atom. The predicted octanol–water partition coefficient (Wildman–Crippen LogP) is 4.22. The van der Waals surface area contributed by atoms with Gasteiger partial charge >= 0.3 is 0 Å². The van der Waals surface area contributed by atoms with Crippen LogP contribution in [0.3, 0.4) is 0 Å². The molecule has 0 N–H and O–H groups in total. The molecule has 0 spiro atoms. The van der Waals surface area contributed by atoms with Gasteiger partial charge in [-0.2, -0.15) is 0 Å². The Balaban J connectivity index is 1.67. The fourth-order valence-electron chi connectivity index (χ4n) is 1.70. The number of hydrogen-bond acceptors (Lipinski definition) is 4. The van der Waals surface area contributed by atoms with Crippen LogP contribution < -0.4 is 4.74 Å². The third kappa shape index (κ3) is 3.46. The zero-order chi connectivity index (χ0) is 14.7. The second-order valence-corrected chi connectivity index (χ2v) is 5.17. The molecule has 0 saturated heterocycles. The SMILES string of the molecule is Fc1ccc(-c2nnc(COc3ccc(Br)cc3)o2)cc1. The Morgan fingerprint density at radius 2 is 1.71 bits per heavy atom. The summed E-state index contributed by atoms with van der Waals surface area (Å²) < 4.78 is 24.8. The molecule has 3 aromatic rings. The van der Waals surface area contributed by atoms with Gasteiger partial charge in [0.1, 0.15) is 11.6 Å². The first-order valence-corrected chi connectivity index (χ1v) is 6.97. The minimum absolute atomic E-state index is 0.176. The van der Waals surface area contributed by atoms with Crippen LogP contribution in [0.25, 0.3) is 11.5 Å². The number of hydrogen-bond donors (Lipinski definition) is 0. The molecule has 4 nitrogen and oxygen atoms in total. The monoisotopic (exact) mass is 348 g/mol. The van der Waals surface area contributed by atoms with Crippen molar-refractivity contribution in [2.45, 2.75) is 6.61 Å². The highest BCUT2D eigenvalue weighted by Gasteiger charge is 2.09. The highest BCUT2D eigenvalue weighted by Crippen LogP contribution is 2.20. The van der Waals surface area contributed by atoms with Gasteiger partial charge in [-0.3, -0.25) is 0 Å². The Kier molecular flexibility index (Phi) is 3.96. The van der Waals surface area contributed by atoms with Crippen molar-refractivity contribution in [3.05, 3.63) is 64.7 Å². The Morgan fingerprint density at radius 3 is 2.43 bits per heavy atom. The number of benzene rings is 2. The van der Waals surface area contributed by atoms with Crippen molar-refractivity contribution >= 4 is 15.9 Å². The van der Waals surface area contributed by atoms with Gasteiger partial charge < -0.3 is 9.15 Å².